The van der Waals surface area contributed by atoms with Crippen LogP contribution in [0.1, 0.15) is 21.2 Å². The average molecular weight is 428 g/mol. The number of nitro groups is 1. The van der Waals surface area contributed by atoms with Crippen LogP contribution in [0.4, 0.5) is 10.1 Å². The standard InChI is InChI=1S/C21H17FN2O5S/c22-17-8-12-19(13-9-17)30(28,29)20(15-4-2-1-3-5-15)14-23-21(25)16-6-10-18(11-7-16)24(26)27/h1-13,20H,14H2,(H,23,25). The number of carbonyl (C=O) groups is 1. The van der Waals surface area contributed by atoms with Crippen LogP contribution in [0.3, 0.4) is 0 Å². The summed E-state index contributed by atoms with van der Waals surface area (Å²) in [5, 5.41) is 12.2. The van der Waals surface area contributed by atoms with Gasteiger partial charge in [-0.3, -0.25) is 14.9 Å². The lowest BCUT2D eigenvalue weighted by Crippen LogP contribution is -2.32. The second-order valence-corrected chi connectivity index (χ2v) is 8.54. The third-order valence-corrected chi connectivity index (χ3v) is 6.59. The lowest BCUT2D eigenvalue weighted by atomic mass is 10.1. The molecule has 7 nitrogen and oxygen atoms in total. The number of nitro benzene ring substituents is 1. The first-order valence-corrected chi connectivity index (χ1v) is 10.4. The number of carbonyl (C=O) groups excluding carboxylic acids is 1. The van der Waals surface area contributed by atoms with Gasteiger partial charge in [-0.25, -0.2) is 12.8 Å². The van der Waals surface area contributed by atoms with Gasteiger partial charge in [0.25, 0.3) is 11.6 Å². The highest BCUT2D eigenvalue weighted by molar-refractivity contribution is 7.91. The smallest absolute Gasteiger partial charge is 0.269 e. The van der Waals surface area contributed by atoms with Crippen LogP contribution in [0.15, 0.2) is 83.8 Å². The van der Waals surface area contributed by atoms with Gasteiger partial charge in [0.2, 0.25) is 0 Å². The predicted molar refractivity (Wildman–Crippen MR) is 108 cm³/mol. The normalized spacial score (nSPS) is 12.2. The zero-order valence-corrected chi connectivity index (χ0v) is 16.4. The van der Waals surface area contributed by atoms with E-state index in [1.807, 2.05) is 0 Å². The van der Waals surface area contributed by atoms with Crippen molar-refractivity contribution in [2.75, 3.05) is 6.54 Å². The Balaban J connectivity index is 1.86. The summed E-state index contributed by atoms with van der Waals surface area (Å²) in [6.07, 6.45) is 0. The molecular formula is C21H17FN2O5S. The minimum atomic E-state index is -3.94. The molecule has 0 spiro atoms. The van der Waals surface area contributed by atoms with E-state index >= 15 is 0 Å². The third-order valence-electron chi connectivity index (χ3n) is 4.48. The van der Waals surface area contributed by atoms with E-state index in [-0.39, 0.29) is 22.7 Å². The number of rotatable bonds is 7. The Morgan fingerprint density at radius 3 is 2.13 bits per heavy atom. The Hall–Kier alpha value is -3.59. The van der Waals surface area contributed by atoms with Crippen LogP contribution in [-0.2, 0) is 9.84 Å². The summed E-state index contributed by atoms with van der Waals surface area (Å²) in [6.45, 7) is -0.237. The summed E-state index contributed by atoms with van der Waals surface area (Å²) < 4.78 is 39.6. The van der Waals surface area contributed by atoms with Gasteiger partial charge in [-0.2, -0.15) is 0 Å². The number of nitrogens with zero attached hydrogens (tertiary/aromatic N) is 1. The van der Waals surface area contributed by atoms with Gasteiger partial charge in [0.15, 0.2) is 9.84 Å². The molecule has 9 heteroatoms. The highest BCUT2D eigenvalue weighted by Crippen LogP contribution is 2.28. The summed E-state index contributed by atoms with van der Waals surface area (Å²) in [4.78, 5) is 22.5. The van der Waals surface area contributed by atoms with Gasteiger partial charge in [-0.1, -0.05) is 30.3 Å². The molecule has 3 rings (SSSR count). The Kier molecular flexibility index (Phi) is 6.22. The molecule has 0 saturated carbocycles. The molecule has 30 heavy (non-hydrogen) atoms. The van der Waals surface area contributed by atoms with Crippen molar-refractivity contribution in [3.05, 3.63) is 106 Å². The van der Waals surface area contributed by atoms with E-state index in [4.69, 9.17) is 0 Å². The highest BCUT2D eigenvalue weighted by Gasteiger charge is 2.29. The molecule has 1 N–H and O–H groups in total. The number of amides is 1. The summed E-state index contributed by atoms with van der Waals surface area (Å²) in [7, 11) is -3.94. The van der Waals surface area contributed by atoms with E-state index in [1.165, 1.54) is 36.4 Å². The van der Waals surface area contributed by atoms with Gasteiger partial charge in [-0.05, 0) is 42.0 Å². The second-order valence-electron chi connectivity index (χ2n) is 6.41. The molecule has 154 valence electrons. The predicted octanol–water partition coefficient (Wildman–Crippen LogP) is 3.68. The zero-order valence-electron chi connectivity index (χ0n) is 15.6. The number of non-ortho nitro benzene ring substituents is 1. The van der Waals surface area contributed by atoms with Crippen molar-refractivity contribution >= 4 is 21.4 Å². The maximum absolute atomic E-state index is 13.2. The molecule has 0 aromatic heterocycles. The lowest BCUT2D eigenvalue weighted by Gasteiger charge is -2.19. The van der Waals surface area contributed by atoms with Crippen molar-refractivity contribution in [3.63, 3.8) is 0 Å². The van der Waals surface area contributed by atoms with E-state index in [1.54, 1.807) is 30.3 Å². The van der Waals surface area contributed by atoms with E-state index in [0.29, 0.717) is 5.56 Å². The molecule has 0 aliphatic heterocycles. The van der Waals surface area contributed by atoms with Gasteiger partial charge in [0.05, 0.1) is 9.82 Å². The van der Waals surface area contributed by atoms with Gasteiger partial charge in [0.1, 0.15) is 11.1 Å². The fraction of sp³-hybridized carbons (Fsp3) is 0.0952. The van der Waals surface area contributed by atoms with Crippen molar-refractivity contribution < 1.29 is 22.5 Å². The number of nitrogens with one attached hydrogen (secondary N) is 1. The summed E-state index contributed by atoms with van der Waals surface area (Å²) in [6, 6.07) is 17.8. The van der Waals surface area contributed by atoms with Crippen LogP contribution in [0, 0.1) is 15.9 Å². The first kappa shape index (κ1) is 21.1. The van der Waals surface area contributed by atoms with Crippen LogP contribution in [-0.4, -0.2) is 25.8 Å². The third kappa shape index (κ3) is 4.69. The molecule has 3 aromatic carbocycles. The van der Waals surface area contributed by atoms with E-state index in [2.05, 4.69) is 5.32 Å². The van der Waals surface area contributed by atoms with Crippen LogP contribution < -0.4 is 5.32 Å². The Labute approximate surface area is 172 Å². The van der Waals surface area contributed by atoms with Crippen molar-refractivity contribution in [2.45, 2.75) is 10.1 Å². The quantitative estimate of drug-likeness (QED) is 0.351. The number of hydrogen-bond acceptors (Lipinski definition) is 5. The molecule has 0 fully saturated rings. The van der Waals surface area contributed by atoms with E-state index in [9.17, 15) is 27.7 Å². The lowest BCUT2D eigenvalue weighted by molar-refractivity contribution is -0.384. The Bertz CT molecular complexity index is 1150. The molecule has 1 atom stereocenters. The van der Waals surface area contributed by atoms with Crippen LogP contribution >= 0.6 is 0 Å². The maximum Gasteiger partial charge on any atom is 0.269 e. The molecule has 0 radical (unpaired) electrons. The minimum absolute atomic E-state index is 0.0673. The molecule has 1 unspecified atom stereocenters. The van der Waals surface area contributed by atoms with Gasteiger partial charge < -0.3 is 5.32 Å². The van der Waals surface area contributed by atoms with Crippen LogP contribution in [0.5, 0.6) is 0 Å². The topological polar surface area (TPSA) is 106 Å². The Morgan fingerprint density at radius 2 is 1.57 bits per heavy atom. The monoisotopic (exact) mass is 428 g/mol. The molecule has 0 heterocycles. The van der Waals surface area contributed by atoms with Gasteiger partial charge in [0, 0.05) is 24.2 Å². The number of halogens is 1. The second kappa shape index (κ2) is 8.83. The number of hydrogen-bond donors (Lipinski definition) is 1. The highest BCUT2D eigenvalue weighted by atomic mass is 32.2. The largest absolute Gasteiger partial charge is 0.350 e. The van der Waals surface area contributed by atoms with Crippen LogP contribution in [0.2, 0.25) is 0 Å². The van der Waals surface area contributed by atoms with E-state index in [0.717, 1.165) is 12.1 Å². The van der Waals surface area contributed by atoms with Crippen LogP contribution in [0.25, 0.3) is 0 Å². The number of sulfone groups is 1. The molecule has 3 aromatic rings. The summed E-state index contributed by atoms with van der Waals surface area (Å²) in [5.41, 5.74) is 0.463. The van der Waals surface area contributed by atoms with Crippen molar-refractivity contribution in [1.29, 1.82) is 0 Å². The molecule has 0 saturated heterocycles. The fourth-order valence-electron chi connectivity index (χ4n) is 2.88. The molecule has 0 aliphatic rings. The summed E-state index contributed by atoms with van der Waals surface area (Å²) in [5.74, 6) is -1.13. The fourth-order valence-corrected chi connectivity index (χ4v) is 4.55. The molecule has 1 amide bonds. The zero-order chi connectivity index (χ0) is 21.7. The average Bonchev–Trinajstić information content (AvgIpc) is 2.74. The molecule has 0 bridgehead atoms. The van der Waals surface area contributed by atoms with Crippen molar-refractivity contribution in [1.82, 2.24) is 5.32 Å². The number of benzene rings is 3. The van der Waals surface area contributed by atoms with Gasteiger partial charge in [-0.15, -0.1) is 0 Å². The first-order valence-electron chi connectivity index (χ1n) is 8.86. The van der Waals surface area contributed by atoms with Crippen molar-refractivity contribution in [3.8, 4) is 0 Å². The first-order chi connectivity index (χ1) is 14.3. The van der Waals surface area contributed by atoms with Crippen molar-refractivity contribution in [2.24, 2.45) is 0 Å². The SMILES string of the molecule is O=C(NCC(c1ccccc1)S(=O)(=O)c1ccc(F)cc1)c1ccc([N+](=O)[O-])cc1. The van der Waals surface area contributed by atoms with E-state index < -0.39 is 31.7 Å². The van der Waals surface area contributed by atoms with Gasteiger partial charge >= 0.3 is 0 Å². The summed E-state index contributed by atoms with van der Waals surface area (Å²) >= 11 is 0. The molecule has 0 aliphatic carbocycles. The minimum Gasteiger partial charge on any atom is -0.350 e. The Morgan fingerprint density at radius 1 is 0.967 bits per heavy atom. The maximum atomic E-state index is 13.2. The molecular weight excluding hydrogens is 411 g/mol.